The standard InChI is InChI=1S/C24H19Cl2NO7/c1-32-18-10-16(26)19(33-2)9-14(18)22(29)20-21(12-5-6-17(28)15(25)8-12)27(24(31)23(20)30)11-13-4-3-7-34-13/h3-10,21,28-29H,11H2,1-2H3/b22-20+. The van der Waals surface area contributed by atoms with Crippen molar-refractivity contribution in [2.24, 2.45) is 0 Å². The van der Waals surface area contributed by atoms with Crippen LogP contribution in [-0.2, 0) is 16.1 Å². The van der Waals surface area contributed by atoms with E-state index in [1.54, 1.807) is 12.1 Å². The van der Waals surface area contributed by atoms with Crippen LogP contribution >= 0.6 is 23.2 Å². The smallest absolute Gasteiger partial charge is 0.296 e. The van der Waals surface area contributed by atoms with Gasteiger partial charge in [0.15, 0.2) is 0 Å². The maximum absolute atomic E-state index is 13.2. The van der Waals surface area contributed by atoms with Gasteiger partial charge >= 0.3 is 0 Å². The van der Waals surface area contributed by atoms with Crippen molar-refractivity contribution in [3.05, 3.63) is 81.2 Å². The second-order valence-corrected chi connectivity index (χ2v) is 8.22. The number of ether oxygens (including phenoxy) is 2. The molecule has 0 aliphatic carbocycles. The molecule has 2 aromatic carbocycles. The van der Waals surface area contributed by atoms with E-state index in [0.717, 1.165) is 0 Å². The van der Waals surface area contributed by atoms with Crippen LogP contribution in [0.4, 0.5) is 0 Å². The van der Waals surface area contributed by atoms with Gasteiger partial charge in [-0.1, -0.05) is 29.3 Å². The summed E-state index contributed by atoms with van der Waals surface area (Å²) in [6, 6.07) is 9.41. The number of amides is 1. The third-order valence-electron chi connectivity index (χ3n) is 5.46. The third-order valence-corrected chi connectivity index (χ3v) is 6.06. The van der Waals surface area contributed by atoms with Gasteiger partial charge in [-0.3, -0.25) is 9.59 Å². The van der Waals surface area contributed by atoms with Crippen LogP contribution in [0.15, 0.2) is 58.7 Å². The number of hydrogen-bond donors (Lipinski definition) is 2. The van der Waals surface area contributed by atoms with E-state index in [0.29, 0.717) is 11.3 Å². The van der Waals surface area contributed by atoms with Crippen LogP contribution < -0.4 is 9.47 Å². The predicted molar refractivity (Wildman–Crippen MR) is 124 cm³/mol. The molecule has 1 aliphatic rings. The van der Waals surface area contributed by atoms with E-state index in [2.05, 4.69) is 0 Å². The number of aliphatic hydroxyl groups excluding tert-OH is 1. The van der Waals surface area contributed by atoms with Crippen LogP contribution in [0.2, 0.25) is 10.0 Å². The highest BCUT2D eigenvalue weighted by molar-refractivity contribution is 6.46. The van der Waals surface area contributed by atoms with Gasteiger partial charge in [-0.2, -0.15) is 0 Å². The number of phenols is 1. The fourth-order valence-corrected chi connectivity index (χ4v) is 4.26. The van der Waals surface area contributed by atoms with Gasteiger partial charge in [0.2, 0.25) is 0 Å². The molecule has 1 atom stereocenters. The summed E-state index contributed by atoms with van der Waals surface area (Å²) in [5.74, 6) is -1.57. The van der Waals surface area contributed by atoms with Crippen molar-refractivity contribution in [2.75, 3.05) is 14.2 Å². The Kier molecular flexibility index (Phi) is 6.45. The number of furan rings is 1. The lowest BCUT2D eigenvalue weighted by Crippen LogP contribution is -2.29. The van der Waals surface area contributed by atoms with Gasteiger partial charge in [0.05, 0.1) is 54.3 Å². The minimum Gasteiger partial charge on any atom is -0.507 e. The molecule has 4 rings (SSSR count). The number of rotatable bonds is 6. The summed E-state index contributed by atoms with van der Waals surface area (Å²) in [6.45, 7) is -0.0431. The van der Waals surface area contributed by atoms with Gasteiger partial charge < -0.3 is 29.0 Å². The summed E-state index contributed by atoms with van der Waals surface area (Å²) < 4.78 is 15.9. The first-order valence-electron chi connectivity index (χ1n) is 9.98. The lowest BCUT2D eigenvalue weighted by Gasteiger charge is -2.25. The maximum Gasteiger partial charge on any atom is 0.296 e. The number of phenolic OH excluding ortho intramolecular Hbond substituents is 1. The van der Waals surface area contributed by atoms with Gasteiger partial charge in [0, 0.05) is 6.07 Å². The highest BCUT2D eigenvalue weighted by Gasteiger charge is 2.47. The fourth-order valence-electron chi connectivity index (χ4n) is 3.84. The molecule has 3 aromatic rings. The number of carbonyl (C=O) groups is 2. The van der Waals surface area contributed by atoms with E-state index in [9.17, 15) is 19.8 Å². The molecule has 1 aromatic heterocycles. The Hall–Kier alpha value is -3.62. The van der Waals surface area contributed by atoms with E-state index < -0.39 is 23.5 Å². The highest BCUT2D eigenvalue weighted by atomic mass is 35.5. The Morgan fingerprint density at radius 1 is 1.06 bits per heavy atom. The number of aliphatic hydroxyl groups is 1. The van der Waals surface area contributed by atoms with Crippen molar-refractivity contribution in [2.45, 2.75) is 12.6 Å². The zero-order valence-electron chi connectivity index (χ0n) is 18.0. The van der Waals surface area contributed by atoms with Crippen LogP contribution in [0, 0.1) is 0 Å². The number of Topliss-reactive ketones (excluding diaryl/α,β-unsaturated/α-hetero) is 1. The van der Waals surface area contributed by atoms with Gasteiger partial charge in [-0.15, -0.1) is 0 Å². The number of carbonyl (C=O) groups excluding carboxylic acids is 2. The summed E-state index contributed by atoms with van der Waals surface area (Å²) in [6.07, 6.45) is 1.45. The van der Waals surface area contributed by atoms with Crippen molar-refractivity contribution < 1.29 is 33.7 Å². The molecular formula is C24H19Cl2NO7. The van der Waals surface area contributed by atoms with Crippen molar-refractivity contribution in [1.29, 1.82) is 0 Å². The molecular weight excluding hydrogens is 485 g/mol. The first kappa shape index (κ1) is 23.5. The minimum atomic E-state index is -1.03. The SMILES string of the molecule is COc1cc(/C(O)=C2\C(=O)C(=O)N(Cc3ccco3)C2c2ccc(O)c(Cl)c2)c(OC)cc1Cl. The molecule has 1 amide bonds. The van der Waals surface area contributed by atoms with Crippen molar-refractivity contribution >= 4 is 40.7 Å². The zero-order chi connectivity index (χ0) is 24.6. The Morgan fingerprint density at radius 3 is 2.41 bits per heavy atom. The van der Waals surface area contributed by atoms with Crippen molar-refractivity contribution in [3.63, 3.8) is 0 Å². The monoisotopic (exact) mass is 503 g/mol. The molecule has 2 N–H and O–H groups in total. The number of aromatic hydroxyl groups is 1. The Morgan fingerprint density at radius 2 is 1.79 bits per heavy atom. The van der Waals surface area contributed by atoms with Gasteiger partial charge in [-0.25, -0.2) is 0 Å². The van der Waals surface area contributed by atoms with Crippen molar-refractivity contribution in [1.82, 2.24) is 4.90 Å². The minimum absolute atomic E-state index is 0.0202. The van der Waals surface area contributed by atoms with Crippen molar-refractivity contribution in [3.8, 4) is 17.2 Å². The maximum atomic E-state index is 13.2. The molecule has 0 saturated carbocycles. The third kappa shape index (κ3) is 4.06. The summed E-state index contributed by atoms with van der Waals surface area (Å²) in [4.78, 5) is 27.5. The number of likely N-dealkylation sites (tertiary alicyclic amines) is 1. The predicted octanol–water partition coefficient (Wildman–Crippen LogP) is 4.93. The molecule has 0 bridgehead atoms. The molecule has 2 heterocycles. The van der Waals surface area contributed by atoms with Gasteiger partial charge in [0.25, 0.3) is 11.7 Å². The van der Waals surface area contributed by atoms with Crippen LogP contribution in [0.3, 0.4) is 0 Å². The number of nitrogens with zero attached hydrogens (tertiary/aromatic N) is 1. The van der Waals surface area contributed by atoms with E-state index >= 15 is 0 Å². The molecule has 1 aliphatic heterocycles. The number of methoxy groups -OCH3 is 2. The summed E-state index contributed by atoms with van der Waals surface area (Å²) in [5.41, 5.74) is 0.311. The lowest BCUT2D eigenvalue weighted by atomic mass is 9.94. The van der Waals surface area contributed by atoms with Gasteiger partial charge in [0.1, 0.15) is 28.8 Å². The molecule has 34 heavy (non-hydrogen) atoms. The molecule has 1 saturated heterocycles. The molecule has 176 valence electrons. The topological polar surface area (TPSA) is 109 Å². The Balaban J connectivity index is 1.95. The van der Waals surface area contributed by atoms with Crippen LogP contribution in [0.5, 0.6) is 17.2 Å². The largest absolute Gasteiger partial charge is 0.507 e. The van der Waals surface area contributed by atoms with Crippen LogP contribution in [-0.4, -0.2) is 41.0 Å². The highest BCUT2D eigenvalue weighted by Crippen LogP contribution is 2.44. The second kappa shape index (κ2) is 9.32. The molecule has 10 heteroatoms. The summed E-state index contributed by atoms with van der Waals surface area (Å²) in [5, 5.41) is 21.4. The Bertz CT molecular complexity index is 1300. The lowest BCUT2D eigenvalue weighted by molar-refractivity contribution is -0.140. The Labute approximate surface area is 204 Å². The normalized spacial score (nSPS) is 17.3. The molecule has 0 spiro atoms. The molecule has 0 radical (unpaired) electrons. The number of halogens is 2. The average Bonchev–Trinajstić information content (AvgIpc) is 3.42. The molecule has 1 fully saturated rings. The first-order valence-corrected chi connectivity index (χ1v) is 10.7. The number of benzene rings is 2. The van der Waals surface area contributed by atoms with Gasteiger partial charge in [-0.05, 0) is 35.9 Å². The zero-order valence-corrected chi connectivity index (χ0v) is 19.6. The summed E-state index contributed by atoms with van der Waals surface area (Å²) >= 11 is 12.3. The average molecular weight is 504 g/mol. The molecule has 1 unspecified atom stereocenters. The van der Waals surface area contributed by atoms with E-state index in [-0.39, 0.29) is 45.0 Å². The summed E-state index contributed by atoms with van der Waals surface area (Å²) in [7, 11) is 2.78. The fraction of sp³-hybridized carbons (Fsp3) is 0.167. The number of ketones is 1. The van der Waals surface area contributed by atoms with E-state index in [1.165, 1.54) is 55.7 Å². The quantitative estimate of drug-likeness (QED) is 0.278. The van der Waals surface area contributed by atoms with Crippen LogP contribution in [0.1, 0.15) is 22.9 Å². The van der Waals surface area contributed by atoms with E-state index in [4.69, 9.17) is 37.1 Å². The first-order chi connectivity index (χ1) is 16.3. The molecule has 8 nitrogen and oxygen atoms in total. The second-order valence-electron chi connectivity index (χ2n) is 7.40. The number of hydrogen-bond acceptors (Lipinski definition) is 7. The van der Waals surface area contributed by atoms with E-state index in [1.807, 2.05) is 0 Å². The van der Waals surface area contributed by atoms with Crippen LogP contribution in [0.25, 0.3) is 5.76 Å².